The summed E-state index contributed by atoms with van der Waals surface area (Å²) in [5.74, 6) is -0.744. The average Bonchev–Trinajstić information content (AvgIpc) is 2.85. The van der Waals surface area contributed by atoms with E-state index in [-0.39, 0.29) is 25.0 Å². The molecule has 0 saturated heterocycles. The first-order valence-corrected chi connectivity index (χ1v) is 4.27. The lowest BCUT2D eigenvalue weighted by Crippen LogP contribution is -2.28. The van der Waals surface area contributed by atoms with Crippen molar-refractivity contribution in [2.45, 2.75) is 12.8 Å². The normalized spacial score (nSPS) is 15.4. The largest absolute Gasteiger partial charge is 0.480 e. The minimum Gasteiger partial charge on any atom is -0.480 e. The number of carbonyl (C=O) groups is 2. The lowest BCUT2D eigenvalue weighted by atomic mass is 10.4. The highest BCUT2D eigenvalue weighted by molar-refractivity contribution is 5.80. The number of rotatable bonds is 6. The third-order valence-electron chi connectivity index (χ3n) is 1.72. The number of ether oxygens (including phenoxy) is 1. The fourth-order valence-electron chi connectivity index (χ4n) is 0.896. The molecule has 0 aromatic heterocycles. The molecular weight excluding hydrogens is 174 g/mol. The molecule has 1 rings (SSSR count). The zero-order valence-electron chi connectivity index (χ0n) is 7.28. The summed E-state index contributed by atoms with van der Waals surface area (Å²) in [5.41, 5.74) is 0. The predicted molar refractivity (Wildman–Crippen MR) is 44.2 cm³/mol. The van der Waals surface area contributed by atoms with Crippen LogP contribution in [0.15, 0.2) is 0 Å². The van der Waals surface area contributed by atoms with E-state index in [1.807, 2.05) is 0 Å². The van der Waals surface area contributed by atoms with Gasteiger partial charge in [0.05, 0.1) is 6.61 Å². The zero-order valence-corrected chi connectivity index (χ0v) is 7.28. The Morgan fingerprint density at radius 2 is 2.15 bits per heavy atom. The molecule has 0 atom stereocenters. The molecule has 1 aliphatic rings. The number of carbonyl (C=O) groups excluding carboxylic acids is 1. The minimum absolute atomic E-state index is 0.0546. The summed E-state index contributed by atoms with van der Waals surface area (Å²) in [4.78, 5) is 21.0. The molecule has 0 spiro atoms. The van der Waals surface area contributed by atoms with Gasteiger partial charge in [-0.3, -0.25) is 4.79 Å². The number of carboxylic acids is 1. The predicted octanol–water partition coefficient (Wildman–Crippen LogP) is -0.386. The summed E-state index contributed by atoms with van der Waals surface area (Å²) in [6.07, 6.45) is 1.95. The Balaban J connectivity index is 1.88. The van der Waals surface area contributed by atoms with Crippen LogP contribution >= 0.6 is 0 Å². The molecular formula is C8H13NO4. The van der Waals surface area contributed by atoms with Crippen molar-refractivity contribution in [2.24, 2.45) is 5.92 Å². The Labute approximate surface area is 76.1 Å². The number of amides is 1. The summed E-state index contributed by atoms with van der Waals surface area (Å²) < 4.78 is 4.73. The standard InChI is InChI=1S/C8H13NO4/c10-7(11)5-13-4-3-9-8(12)6-1-2-6/h6H,1-5H2,(H,9,12)(H,10,11). The quantitative estimate of drug-likeness (QED) is 0.555. The Kier molecular flexibility index (Phi) is 3.70. The van der Waals surface area contributed by atoms with Crippen LogP contribution in [0.4, 0.5) is 0 Å². The van der Waals surface area contributed by atoms with Gasteiger partial charge in [0.25, 0.3) is 0 Å². The topological polar surface area (TPSA) is 75.6 Å². The molecule has 1 amide bonds. The fourth-order valence-corrected chi connectivity index (χ4v) is 0.896. The van der Waals surface area contributed by atoms with Crippen LogP contribution in [0.25, 0.3) is 0 Å². The molecule has 2 N–H and O–H groups in total. The SMILES string of the molecule is O=C(O)COCCNC(=O)C1CC1. The minimum atomic E-state index is -0.992. The van der Waals surface area contributed by atoms with E-state index in [1.54, 1.807) is 0 Å². The van der Waals surface area contributed by atoms with E-state index in [4.69, 9.17) is 9.84 Å². The second-order valence-electron chi connectivity index (χ2n) is 3.01. The van der Waals surface area contributed by atoms with Crippen LogP contribution in [-0.4, -0.2) is 36.7 Å². The van der Waals surface area contributed by atoms with Crippen molar-refractivity contribution in [1.29, 1.82) is 0 Å². The molecule has 0 aromatic carbocycles. The molecule has 0 aliphatic heterocycles. The van der Waals surface area contributed by atoms with Gasteiger partial charge in [-0.2, -0.15) is 0 Å². The summed E-state index contributed by atoms with van der Waals surface area (Å²) >= 11 is 0. The van der Waals surface area contributed by atoms with E-state index in [0.717, 1.165) is 12.8 Å². The lowest BCUT2D eigenvalue weighted by molar-refractivity contribution is -0.142. The number of hydrogen-bond acceptors (Lipinski definition) is 3. The van der Waals surface area contributed by atoms with Crippen LogP contribution < -0.4 is 5.32 Å². The van der Waals surface area contributed by atoms with Gasteiger partial charge < -0.3 is 15.2 Å². The molecule has 1 saturated carbocycles. The van der Waals surface area contributed by atoms with E-state index in [2.05, 4.69) is 5.32 Å². The van der Waals surface area contributed by atoms with Crippen molar-refractivity contribution >= 4 is 11.9 Å². The molecule has 1 aliphatic carbocycles. The Hall–Kier alpha value is -1.10. The number of hydrogen-bond donors (Lipinski definition) is 2. The van der Waals surface area contributed by atoms with Gasteiger partial charge in [0, 0.05) is 12.5 Å². The highest BCUT2D eigenvalue weighted by Crippen LogP contribution is 2.28. The molecule has 1 fully saturated rings. The number of carboxylic acid groups (broad SMARTS) is 1. The smallest absolute Gasteiger partial charge is 0.329 e. The molecule has 74 valence electrons. The van der Waals surface area contributed by atoms with Crippen molar-refractivity contribution in [3.63, 3.8) is 0 Å². The first kappa shape index (κ1) is 9.98. The third kappa shape index (κ3) is 4.47. The van der Waals surface area contributed by atoms with Crippen LogP contribution in [0.5, 0.6) is 0 Å². The maximum Gasteiger partial charge on any atom is 0.329 e. The van der Waals surface area contributed by atoms with E-state index in [1.165, 1.54) is 0 Å². The zero-order chi connectivity index (χ0) is 9.68. The van der Waals surface area contributed by atoms with Crippen LogP contribution in [0.1, 0.15) is 12.8 Å². The van der Waals surface area contributed by atoms with Gasteiger partial charge in [0.15, 0.2) is 0 Å². The van der Waals surface area contributed by atoms with E-state index < -0.39 is 5.97 Å². The van der Waals surface area contributed by atoms with E-state index in [9.17, 15) is 9.59 Å². The van der Waals surface area contributed by atoms with Crippen molar-refractivity contribution in [2.75, 3.05) is 19.8 Å². The van der Waals surface area contributed by atoms with Crippen molar-refractivity contribution in [3.8, 4) is 0 Å². The van der Waals surface area contributed by atoms with Crippen molar-refractivity contribution in [1.82, 2.24) is 5.32 Å². The average molecular weight is 187 g/mol. The monoisotopic (exact) mass is 187 g/mol. The van der Waals surface area contributed by atoms with Crippen LogP contribution in [0, 0.1) is 5.92 Å². The van der Waals surface area contributed by atoms with Gasteiger partial charge in [0.1, 0.15) is 6.61 Å². The maximum atomic E-state index is 11.0. The molecule has 0 heterocycles. The first-order valence-electron chi connectivity index (χ1n) is 4.27. The summed E-state index contributed by atoms with van der Waals surface area (Å²) in [7, 11) is 0. The van der Waals surface area contributed by atoms with E-state index >= 15 is 0 Å². The van der Waals surface area contributed by atoms with Gasteiger partial charge >= 0.3 is 5.97 Å². The van der Waals surface area contributed by atoms with Crippen LogP contribution in [0.3, 0.4) is 0 Å². The van der Waals surface area contributed by atoms with E-state index in [0.29, 0.717) is 6.54 Å². The molecule has 5 nitrogen and oxygen atoms in total. The van der Waals surface area contributed by atoms with Gasteiger partial charge in [-0.25, -0.2) is 4.79 Å². The Bertz CT molecular complexity index is 200. The van der Waals surface area contributed by atoms with Crippen molar-refractivity contribution in [3.05, 3.63) is 0 Å². The molecule has 13 heavy (non-hydrogen) atoms. The van der Waals surface area contributed by atoms with Crippen molar-refractivity contribution < 1.29 is 19.4 Å². The van der Waals surface area contributed by atoms with Gasteiger partial charge in [-0.15, -0.1) is 0 Å². The molecule has 0 unspecified atom stereocenters. The fraction of sp³-hybridized carbons (Fsp3) is 0.750. The Morgan fingerprint density at radius 1 is 1.46 bits per heavy atom. The van der Waals surface area contributed by atoms with Crippen LogP contribution in [-0.2, 0) is 14.3 Å². The van der Waals surface area contributed by atoms with Gasteiger partial charge in [-0.1, -0.05) is 0 Å². The second kappa shape index (κ2) is 4.81. The number of aliphatic carboxylic acids is 1. The summed E-state index contributed by atoms with van der Waals surface area (Å²) in [6, 6.07) is 0. The Morgan fingerprint density at radius 3 is 2.69 bits per heavy atom. The molecule has 0 aromatic rings. The number of nitrogens with one attached hydrogen (secondary N) is 1. The van der Waals surface area contributed by atoms with Crippen LogP contribution in [0.2, 0.25) is 0 Å². The molecule has 0 bridgehead atoms. The summed E-state index contributed by atoms with van der Waals surface area (Å²) in [6.45, 7) is 0.340. The highest BCUT2D eigenvalue weighted by Gasteiger charge is 2.28. The van der Waals surface area contributed by atoms with Gasteiger partial charge in [-0.05, 0) is 12.8 Å². The van der Waals surface area contributed by atoms with Gasteiger partial charge in [0.2, 0.25) is 5.91 Å². The first-order chi connectivity index (χ1) is 6.20. The maximum absolute atomic E-state index is 11.0. The molecule has 0 radical (unpaired) electrons. The summed E-state index contributed by atoms with van der Waals surface area (Å²) in [5, 5.41) is 10.9. The second-order valence-corrected chi connectivity index (χ2v) is 3.01. The highest BCUT2D eigenvalue weighted by atomic mass is 16.5. The molecule has 5 heteroatoms. The lowest BCUT2D eigenvalue weighted by Gasteiger charge is -2.03. The third-order valence-corrected chi connectivity index (χ3v) is 1.72.